The second kappa shape index (κ2) is 13.1. The number of thiocarbonyl (C=S) groups is 1. The molecule has 1 unspecified atom stereocenters. The molecule has 1 heterocycles. The molecule has 0 aliphatic carbocycles. The predicted octanol–water partition coefficient (Wildman–Crippen LogP) is 5.46. The van der Waals surface area contributed by atoms with E-state index in [9.17, 15) is 21.4 Å². The van der Waals surface area contributed by atoms with Crippen molar-refractivity contribution in [1.82, 2.24) is 9.97 Å². The number of aryl methyl sites for hydroxylation is 1. The highest BCUT2D eigenvalue weighted by molar-refractivity contribution is 7.86. The smallest absolute Gasteiger partial charge is 0.294 e. The van der Waals surface area contributed by atoms with Crippen LogP contribution in [0.1, 0.15) is 89.4 Å². The number of unbranched alkanes of at least 4 members (excludes halogenated alkanes) is 7. The molecule has 1 aromatic heterocycles. The van der Waals surface area contributed by atoms with E-state index in [1.54, 1.807) is 0 Å². The van der Waals surface area contributed by atoms with Gasteiger partial charge in [0.05, 0.1) is 21.2 Å². The molecule has 192 valence electrons. The number of aromatic nitrogens is 2. The molecular weight excluding hydrogens is 496 g/mol. The summed E-state index contributed by atoms with van der Waals surface area (Å²) in [6.45, 7) is 3.60. The zero-order valence-electron chi connectivity index (χ0n) is 19.9. The van der Waals surface area contributed by atoms with Crippen molar-refractivity contribution in [2.24, 2.45) is 0 Å². The first-order valence-corrected chi connectivity index (χ1v) is 15.2. The zero-order chi connectivity index (χ0) is 25.4. The Balaban J connectivity index is 2.09. The Morgan fingerprint density at radius 2 is 1.65 bits per heavy atom. The quantitative estimate of drug-likeness (QED) is 0.147. The molecule has 0 fully saturated rings. The molecule has 0 radical (unpaired) electrons. The summed E-state index contributed by atoms with van der Waals surface area (Å²) >= 11 is 5.54. The van der Waals surface area contributed by atoms with Crippen LogP contribution in [-0.2, 0) is 33.1 Å². The summed E-state index contributed by atoms with van der Waals surface area (Å²) in [6.07, 6.45) is 10.7. The third-order valence-corrected chi connectivity index (χ3v) is 8.56. The number of fused-ring (bicyclic) bond motifs is 1. The Morgan fingerprint density at radius 1 is 1.03 bits per heavy atom. The van der Waals surface area contributed by atoms with Crippen molar-refractivity contribution < 1.29 is 25.9 Å². The zero-order valence-corrected chi connectivity index (χ0v) is 22.4. The predicted molar refractivity (Wildman–Crippen MR) is 139 cm³/mol. The van der Waals surface area contributed by atoms with E-state index in [0.717, 1.165) is 19.3 Å². The molecule has 1 atom stereocenters. The molecule has 0 spiro atoms. The minimum Gasteiger partial charge on any atom is -0.342 e. The highest BCUT2D eigenvalue weighted by atomic mass is 32.2. The number of imidazole rings is 1. The van der Waals surface area contributed by atoms with Crippen molar-refractivity contribution in [1.29, 1.82) is 0 Å². The highest BCUT2D eigenvalue weighted by Gasteiger charge is 2.22. The molecule has 0 aliphatic heterocycles. The molecular formula is C23H36N2O6S3. The fraction of sp³-hybridized carbons (Fsp3) is 0.652. The van der Waals surface area contributed by atoms with Gasteiger partial charge in [-0.25, -0.2) is 4.98 Å². The monoisotopic (exact) mass is 532 g/mol. The summed E-state index contributed by atoms with van der Waals surface area (Å²) in [5.41, 5.74) is 1.31. The third-order valence-electron chi connectivity index (χ3n) is 6.02. The largest absolute Gasteiger partial charge is 0.342 e. The van der Waals surface area contributed by atoms with Gasteiger partial charge in [0.25, 0.3) is 20.2 Å². The minimum absolute atomic E-state index is 0.149. The van der Waals surface area contributed by atoms with Crippen molar-refractivity contribution >= 4 is 48.4 Å². The molecule has 3 N–H and O–H groups in total. The van der Waals surface area contributed by atoms with E-state index in [1.807, 2.05) is 0 Å². The molecule has 2 aromatic rings. The van der Waals surface area contributed by atoms with Crippen LogP contribution in [0.2, 0.25) is 0 Å². The average molecular weight is 533 g/mol. The van der Waals surface area contributed by atoms with Crippen LogP contribution in [0.15, 0.2) is 17.0 Å². The number of aromatic amines is 1. The first-order chi connectivity index (χ1) is 15.9. The van der Waals surface area contributed by atoms with E-state index in [4.69, 9.17) is 16.8 Å². The Labute approximate surface area is 208 Å². The number of nitrogens with one attached hydrogen (secondary N) is 1. The number of nitrogens with zero attached hydrogens (tertiary/aromatic N) is 1. The summed E-state index contributed by atoms with van der Waals surface area (Å²) in [7, 11) is -8.62. The molecule has 2 rings (SSSR count). The third kappa shape index (κ3) is 8.99. The van der Waals surface area contributed by atoms with Crippen LogP contribution in [0.3, 0.4) is 0 Å². The van der Waals surface area contributed by atoms with Crippen molar-refractivity contribution in [3.63, 3.8) is 0 Å². The summed E-state index contributed by atoms with van der Waals surface area (Å²) in [6, 6.07) is 2.85. The van der Waals surface area contributed by atoms with Gasteiger partial charge in [0, 0.05) is 18.4 Å². The van der Waals surface area contributed by atoms with Gasteiger partial charge < -0.3 is 4.98 Å². The van der Waals surface area contributed by atoms with Gasteiger partial charge in [-0.2, -0.15) is 16.8 Å². The molecule has 8 nitrogen and oxygen atoms in total. The maximum absolute atomic E-state index is 12.0. The van der Waals surface area contributed by atoms with Crippen LogP contribution in [0, 0.1) is 0 Å². The van der Waals surface area contributed by atoms with E-state index in [0.29, 0.717) is 33.7 Å². The summed E-state index contributed by atoms with van der Waals surface area (Å²) in [5.74, 6) is 0.466. The van der Waals surface area contributed by atoms with Crippen LogP contribution < -0.4 is 0 Å². The van der Waals surface area contributed by atoms with E-state index < -0.39 is 25.5 Å². The number of hydrogen-bond acceptors (Lipinski definition) is 6. The minimum atomic E-state index is -4.47. The van der Waals surface area contributed by atoms with Crippen molar-refractivity contribution in [3.05, 3.63) is 23.5 Å². The number of H-pyrrole nitrogens is 1. The van der Waals surface area contributed by atoms with Gasteiger partial charge in [-0.05, 0) is 43.2 Å². The topological polar surface area (TPSA) is 137 Å². The Hall–Kier alpha value is -1.40. The highest BCUT2D eigenvalue weighted by Crippen LogP contribution is 2.27. The molecule has 11 heteroatoms. The summed E-state index contributed by atoms with van der Waals surface area (Å²) in [5, 5.41) is -0.951. The fourth-order valence-corrected chi connectivity index (χ4v) is 5.35. The maximum Gasteiger partial charge on any atom is 0.294 e. The summed E-state index contributed by atoms with van der Waals surface area (Å²) in [4.78, 5) is 8.02. The number of rotatable bonds is 16. The fourth-order valence-electron chi connectivity index (χ4n) is 3.93. The van der Waals surface area contributed by atoms with E-state index >= 15 is 0 Å². The maximum atomic E-state index is 12.0. The van der Waals surface area contributed by atoms with Crippen molar-refractivity contribution in [2.75, 3.05) is 0 Å². The molecule has 0 bridgehead atoms. The van der Waals surface area contributed by atoms with E-state index in [2.05, 4.69) is 16.9 Å². The second-order valence-corrected chi connectivity index (χ2v) is 12.7. The van der Waals surface area contributed by atoms with Gasteiger partial charge in [-0.1, -0.05) is 64.1 Å². The molecule has 0 saturated heterocycles. The van der Waals surface area contributed by atoms with E-state index in [1.165, 1.54) is 51.2 Å². The van der Waals surface area contributed by atoms with Gasteiger partial charge >= 0.3 is 0 Å². The Bertz CT molecular complexity index is 1170. The molecule has 34 heavy (non-hydrogen) atoms. The van der Waals surface area contributed by atoms with Gasteiger partial charge in [0.2, 0.25) is 0 Å². The van der Waals surface area contributed by atoms with Gasteiger partial charge in [-0.3, -0.25) is 9.11 Å². The van der Waals surface area contributed by atoms with Crippen LogP contribution in [0.25, 0.3) is 11.0 Å². The molecule has 1 aromatic carbocycles. The van der Waals surface area contributed by atoms with Gasteiger partial charge in [0.1, 0.15) is 5.82 Å². The lowest BCUT2D eigenvalue weighted by atomic mass is 10.0. The van der Waals surface area contributed by atoms with Crippen LogP contribution in [0.5, 0.6) is 0 Å². The van der Waals surface area contributed by atoms with Crippen LogP contribution >= 0.6 is 12.2 Å². The Kier molecular flexibility index (Phi) is 11.1. The van der Waals surface area contributed by atoms with Gasteiger partial charge in [0.15, 0.2) is 0 Å². The molecule has 0 saturated carbocycles. The lowest BCUT2D eigenvalue weighted by Gasteiger charge is -2.09. The lowest BCUT2D eigenvalue weighted by Crippen LogP contribution is -2.17. The molecule has 0 aliphatic rings. The number of benzene rings is 1. The number of hydrogen-bond donors (Lipinski definition) is 3. The van der Waals surface area contributed by atoms with Crippen LogP contribution in [0.4, 0.5) is 0 Å². The first-order valence-electron chi connectivity index (χ1n) is 11.9. The standard InChI is InChI=1S/C23H36N2O6S3/c1-3-4-5-6-7-8-9-10-11-18(32)16-19-21(34(29,30)31)14-13-20-23(19)25-22(24-20)15-12-17(2)33(26,27)28/h13-14,17H,3-12,15-16H2,1-2H3,(H,24,25)(H,26,27,28)(H,29,30,31). The first kappa shape index (κ1) is 28.8. The Morgan fingerprint density at radius 3 is 2.24 bits per heavy atom. The SMILES string of the molecule is CCCCCCCCCCC(=S)Cc1c(S(=O)(=O)O)ccc2[nH]c(CCC(C)S(=O)(=O)O)nc12. The lowest BCUT2D eigenvalue weighted by molar-refractivity contribution is 0.465. The van der Waals surface area contributed by atoms with Crippen molar-refractivity contribution in [3.8, 4) is 0 Å². The molecule has 0 amide bonds. The van der Waals surface area contributed by atoms with Crippen molar-refractivity contribution in [2.45, 2.75) is 101 Å². The van der Waals surface area contributed by atoms with Gasteiger partial charge in [-0.15, -0.1) is 0 Å². The van der Waals surface area contributed by atoms with Crippen LogP contribution in [-0.4, -0.2) is 46.0 Å². The second-order valence-electron chi connectivity index (χ2n) is 8.90. The average Bonchev–Trinajstić information content (AvgIpc) is 3.16. The summed E-state index contributed by atoms with van der Waals surface area (Å²) < 4.78 is 65.4. The normalized spacial score (nSPS) is 13.4. The van der Waals surface area contributed by atoms with E-state index in [-0.39, 0.29) is 24.2 Å².